The highest BCUT2D eigenvalue weighted by Gasteiger charge is 2.17. The topological polar surface area (TPSA) is 122 Å². The number of nitrogens with zero attached hydrogens (tertiary/aromatic N) is 4. The van der Waals surface area contributed by atoms with Crippen LogP contribution in [0, 0.1) is 0 Å². The highest BCUT2D eigenvalue weighted by Crippen LogP contribution is 2.18. The van der Waals surface area contributed by atoms with Gasteiger partial charge >= 0.3 is 0 Å². The molecule has 0 unspecified atom stereocenters. The molecule has 0 bridgehead atoms. The molecule has 0 spiro atoms. The maximum Gasteiger partial charge on any atom is 0.256 e. The van der Waals surface area contributed by atoms with Crippen LogP contribution in [-0.2, 0) is 11.5 Å². The summed E-state index contributed by atoms with van der Waals surface area (Å²) in [5.41, 5.74) is 1.38. The van der Waals surface area contributed by atoms with E-state index in [4.69, 9.17) is 4.74 Å². The molecular weight excluding hydrogens is 338 g/mol. The number of carbonyl (C=O) groups excluding carboxylic acids is 1. The number of hydrogen-bond donors (Lipinski definition) is 3. The molecule has 3 rings (SSSR count). The van der Waals surface area contributed by atoms with Crippen LogP contribution < -0.4 is 5.32 Å². The van der Waals surface area contributed by atoms with Crippen molar-refractivity contribution in [3.8, 4) is 0 Å². The molecule has 3 N–H and O–H groups in total. The summed E-state index contributed by atoms with van der Waals surface area (Å²) in [6.07, 6.45) is 1.28. The SMILES string of the molecule is C[C@H](O)[C@@H](CO)OCn1cnc2c(NC(=O)c3ccccc3)ncnc21. The van der Waals surface area contributed by atoms with Crippen molar-refractivity contribution in [2.24, 2.45) is 0 Å². The van der Waals surface area contributed by atoms with Gasteiger partial charge in [-0.25, -0.2) is 15.0 Å². The Bertz CT molecular complexity index is 881. The minimum atomic E-state index is -0.815. The Morgan fingerprint density at radius 1 is 1.27 bits per heavy atom. The number of nitrogens with one attached hydrogen (secondary N) is 1. The van der Waals surface area contributed by atoms with Crippen LogP contribution in [0.2, 0.25) is 0 Å². The fourth-order valence-corrected chi connectivity index (χ4v) is 2.36. The number of amides is 1. The molecule has 9 heteroatoms. The molecule has 1 aromatic carbocycles. The van der Waals surface area contributed by atoms with E-state index in [1.54, 1.807) is 28.8 Å². The lowest BCUT2D eigenvalue weighted by Gasteiger charge is -2.18. The van der Waals surface area contributed by atoms with E-state index in [-0.39, 0.29) is 25.1 Å². The number of rotatable bonds is 7. The lowest BCUT2D eigenvalue weighted by Crippen LogP contribution is -2.30. The second-order valence-corrected chi connectivity index (χ2v) is 5.69. The van der Waals surface area contributed by atoms with Crippen molar-refractivity contribution in [3.05, 3.63) is 48.5 Å². The molecule has 0 fully saturated rings. The average Bonchev–Trinajstić information content (AvgIpc) is 3.07. The molecule has 3 aromatic rings. The second-order valence-electron chi connectivity index (χ2n) is 5.69. The Kier molecular flexibility index (Phi) is 5.52. The lowest BCUT2D eigenvalue weighted by molar-refractivity contribution is -0.0804. The molecule has 2 aromatic heterocycles. The van der Waals surface area contributed by atoms with E-state index in [1.165, 1.54) is 19.6 Å². The van der Waals surface area contributed by atoms with Gasteiger partial charge in [-0.3, -0.25) is 9.36 Å². The Hall–Kier alpha value is -2.88. The van der Waals surface area contributed by atoms with Gasteiger partial charge in [0.15, 0.2) is 17.0 Å². The number of benzene rings is 1. The highest BCUT2D eigenvalue weighted by atomic mass is 16.5. The minimum Gasteiger partial charge on any atom is -0.394 e. The first-order valence-corrected chi connectivity index (χ1v) is 8.03. The Labute approximate surface area is 149 Å². The van der Waals surface area contributed by atoms with Gasteiger partial charge in [0.25, 0.3) is 5.91 Å². The number of aromatic nitrogens is 4. The Balaban J connectivity index is 1.79. The van der Waals surface area contributed by atoms with Gasteiger partial charge in [0.05, 0.1) is 19.0 Å². The number of ether oxygens (including phenoxy) is 1. The van der Waals surface area contributed by atoms with Crippen LogP contribution >= 0.6 is 0 Å². The third-order valence-corrected chi connectivity index (χ3v) is 3.81. The normalized spacial score (nSPS) is 13.5. The Morgan fingerprint density at radius 3 is 2.73 bits per heavy atom. The van der Waals surface area contributed by atoms with Crippen LogP contribution in [-0.4, -0.2) is 54.5 Å². The zero-order valence-corrected chi connectivity index (χ0v) is 14.1. The lowest BCUT2D eigenvalue weighted by atomic mass is 10.2. The van der Waals surface area contributed by atoms with Gasteiger partial charge < -0.3 is 20.3 Å². The van der Waals surface area contributed by atoms with Crippen LogP contribution in [0.25, 0.3) is 11.2 Å². The minimum absolute atomic E-state index is 0.0374. The van der Waals surface area contributed by atoms with Crippen molar-refractivity contribution in [1.29, 1.82) is 0 Å². The van der Waals surface area contributed by atoms with Crippen molar-refractivity contribution >= 4 is 22.9 Å². The largest absolute Gasteiger partial charge is 0.394 e. The highest BCUT2D eigenvalue weighted by molar-refractivity contribution is 6.06. The molecular formula is C17H19N5O4. The first-order valence-electron chi connectivity index (χ1n) is 8.03. The van der Waals surface area contributed by atoms with Crippen LogP contribution in [0.3, 0.4) is 0 Å². The molecule has 0 saturated carbocycles. The standard InChI is InChI=1S/C17H19N5O4/c1-11(24)13(7-23)26-10-22-9-20-14-15(18-8-19-16(14)22)21-17(25)12-5-3-2-4-6-12/h2-6,8-9,11,13,23-24H,7,10H2,1H3,(H,18,19,21,25)/t11-,13+/m0/s1. The molecule has 2 atom stereocenters. The number of imidazole rings is 1. The van der Waals surface area contributed by atoms with E-state index < -0.39 is 12.2 Å². The summed E-state index contributed by atoms with van der Waals surface area (Å²) in [6, 6.07) is 8.78. The van der Waals surface area contributed by atoms with E-state index in [0.29, 0.717) is 16.7 Å². The van der Waals surface area contributed by atoms with Gasteiger partial charge in [0, 0.05) is 5.56 Å². The van der Waals surface area contributed by atoms with E-state index in [1.807, 2.05) is 6.07 Å². The smallest absolute Gasteiger partial charge is 0.256 e. The molecule has 0 aliphatic carbocycles. The zero-order chi connectivity index (χ0) is 18.5. The summed E-state index contributed by atoms with van der Waals surface area (Å²) in [4.78, 5) is 24.8. The quantitative estimate of drug-likeness (QED) is 0.571. The number of aliphatic hydroxyl groups excluding tert-OH is 2. The van der Waals surface area contributed by atoms with E-state index in [2.05, 4.69) is 20.3 Å². The third-order valence-electron chi connectivity index (χ3n) is 3.81. The molecule has 0 aliphatic rings. The fraction of sp³-hybridized carbons (Fsp3) is 0.294. The molecule has 0 radical (unpaired) electrons. The maximum atomic E-state index is 12.3. The van der Waals surface area contributed by atoms with Crippen LogP contribution in [0.4, 0.5) is 5.82 Å². The number of hydrogen-bond acceptors (Lipinski definition) is 7. The predicted octanol–water partition coefficient (Wildman–Crippen LogP) is 0.794. The first-order chi connectivity index (χ1) is 12.6. The van der Waals surface area contributed by atoms with Crippen molar-refractivity contribution < 1.29 is 19.7 Å². The molecule has 0 aliphatic heterocycles. The Morgan fingerprint density at radius 2 is 2.04 bits per heavy atom. The molecule has 2 heterocycles. The molecule has 136 valence electrons. The van der Waals surface area contributed by atoms with Gasteiger partial charge in [0.1, 0.15) is 19.2 Å². The summed E-state index contributed by atoms with van der Waals surface area (Å²) in [6.45, 7) is 1.26. The van der Waals surface area contributed by atoms with Crippen molar-refractivity contribution in [3.63, 3.8) is 0 Å². The summed E-state index contributed by atoms with van der Waals surface area (Å²) in [7, 11) is 0. The number of fused-ring (bicyclic) bond motifs is 1. The van der Waals surface area contributed by atoms with Crippen molar-refractivity contribution in [2.45, 2.75) is 25.9 Å². The summed E-state index contributed by atoms with van der Waals surface area (Å²) < 4.78 is 7.07. The fourth-order valence-electron chi connectivity index (χ4n) is 2.36. The van der Waals surface area contributed by atoms with Gasteiger partial charge in [0.2, 0.25) is 0 Å². The summed E-state index contributed by atoms with van der Waals surface area (Å²) in [5.74, 6) is -0.0114. The third kappa shape index (κ3) is 3.85. The zero-order valence-electron chi connectivity index (χ0n) is 14.1. The molecule has 9 nitrogen and oxygen atoms in total. The van der Waals surface area contributed by atoms with Crippen LogP contribution in [0.1, 0.15) is 17.3 Å². The maximum absolute atomic E-state index is 12.3. The van der Waals surface area contributed by atoms with Gasteiger partial charge in [-0.2, -0.15) is 0 Å². The second kappa shape index (κ2) is 8.00. The van der Waals surface area contributed by atoms with Crippen LogP contribution in [0.15, 0.2) is 43.0 Å². The molecule has 26 heavy (non-hydrogen) atoms. The first kappa shape index (κ1) is 17.9. The van der Waals surface area contributed by atoms with Crippen molar-refractivity contribution in [1.82, 2.24) is 19.5 Å². The number of carbonyl (C=O) groups is 1. The number of anilines is 1. The van der Waals surface area contributed by atoms with Crippen molar-refractivity contribution in [2.75, 3.05) is 11.9 Å². The van der Waals surface area contributed by atoms with E-state index in [9.17, 15) is 15.0 Å². The van der Waals surface area contributed by atoms with Gasteiger partial charge in [-0.05, 0) is 19.1 Å². The molecule has 0 saturated heterocycles. The predicted molar refractivity (Wildman–Crippen MR) is 93.4 cm³/mol. The monoisotopic (exact) mass is 357 g/mol. The summed E-state index contributed by atoms with van der Waals surface area (Å²) >= 11 is 0. The van der Waals surface area contributed by atoms with E-state index >= 15 is 0 Å². The van der Waals surface area contributed by atoms with Gasteiger partial charge in [-0.15, -0.1) is 0 Å². The molecule has 1 amide bonds. The van der Waals surface area contributed by atoms with Crippen LogP contribution in [0.5, 0.6) is 0 Å². The number of aliphatic hydroxyl groups is 2. The summed E-state index contributed by atoms with van der Waals surface area (Å²) in [5, 5.41) is 21.5. The van der Waals surface area contributed by atoms with Gasteiger partial charge in [-0.1, -0.05) is 18.2 Å². The average molecular weight is 357 g/mol. The van der Waals surface area contributed by atoms with E-state index in [0.717, 1.165) is 0 Å².